The van der Waals surface area contributed by atoms with Crippen molar-refractivity contribution in [2.75, 3.05) is 0 Å². The van der Waals surface area contributed by atoms with Gasteiger partial charge in [0, 0.05) is 13.0 Å². The van der Waals surface area contributed by atoms with E-state index in [-0.39, 0.29) is 5.91 Å². The maximum absolute atomic E-state index is 11.2. The fourth-order valence-electron chi connectivity index (χ4n) is 1.68. The van der Waals surface area contributed by atoms with Gasteiger partial charge in [-0.3, -0.25) is 4.79 Å². The van der Waals surface area contributed by atoms with Gasteiger partial charge < -0.3 is 5.32 Å². The van der Waals surface area contributed by atoms with E-state index >= 15 is 0 Å². The predicted molar refractivity (Wildman–Crippen MR) is 74.4 cm³/mol. The predicted octanol–water partition coefficient (Wildman–Crippen LogP) is 3.14. The molecule has 1 amide bonds. The van der Waals surface area contributed by atoms with Gasteiger partial charge in [0.05, 0.1) is 16.1 Å². The first-order valence-corrected chi connectivity index (χ1v) is 6.84. The molecule has 4 heteroatoms. The van der Waals surface area contributed by atoms with E-state index in [1.54, 1.807) is 11.3 Å². The van der Waals surface area contributed by atoms with Crippen LogP contribution in [0, 0.1) is 6.92 Å². The van der Waals surface area contributed by atoms with E-state index in [0.29, 0.717) is 13.0 Å². The molecular formula is C14H16N2OS. The number of hydrogen-bond acceptors (Lipinski definition) is 3. The lowest BCUT2D eigenvalue weighted by Crippen LogP contribution is -2.21. The Hall–Kier alpha value is -1.68. The molecule has 0 aliphatic carbocycles. The zero-order valence-corrected chi connectivity index (χ0v) is 11.4. The molecule has 0 aliphatic heterocycles. The molecule has 1 aromatic heterocycles. The van der Waals surface area contributed by atoms with Crippen molar-refractivity contribution >= 4 is 17.2 Å². The number of benzene rings is 1. The molecule has 94 valence electrons. The molecule has 2 aromatic rings. The summed E-state index contributed by atoms with van der Waals surface area (Å²) in [5.41, 5.74) is 5.22. The molecule has 0 fully saturated rings. The van der Waals surface area contributed by atoms with Gasteiger partial charge >= 0.3 is 0 Å². The topological polar surface area (TPSA) is 42.0 Å². The first-order chi connectivity index (χ1) is 8.70. The third-order valence-corrected chi connectivity index (χ3v) is 3.75. The van der Waals surface area contributed by atoms with Gasteiger partial charge in [-0.15, -0.1) is 11.3 Å². The normalized spacial score (nSPS) is 10.3. The number of thiazole rings is 1. The zero-order valence-electron chi connectivity index (χ0n) is 10.6. The molecule has 0 radical (unpaired) electrons. The Morgan fingerprint density at radius 3 is 2.61 bits per heavy atom. The third kappa shape index (κ3) is 2.96. The smallest absolute Gasteiger partial charge is 0.219 e. The molecular weight excluding hydrogens is 244 g/mol. The third-order valence-electron chi connectivity index (χ3n) is 2.77. The van der Waals surface area contributed by atoms with Crippen LogP contribution < -0.4 is 5.32 Å². The summed E-state index contributed by atoms with van der Waals surface area (Å²) in [5, 5.41) is 2.87. The number of amides is 1. The SMILES string of the molecule is CCC(=O)NCc1ccc(-c2scnc2C)cc1. The number of nitrogens with zero attached hydrogens (tertiary/aromatic N) is 1. The van der Waals surface area contributed by atoms with E-state index in [1.807, 2.05) is 31.5 Å². The highest BCUT2D eigenvalue weighted by atomic mass is 32.1. The number of rotatable bonds is 4. The van der Waals surface area contributed by atoms with Crippen LogP contribution in [0.3, 0.4) is 0 Å². The molecule has 1 N–H and O–H groups in total. The van der Waals surface area contributed by atoms with Crippen molar-refractivity contribution in [3.63, 3.8) is 0 Å². The van der Waals surface area contributed by atoms with Crippen LogP contribution in [0.1, 0.15) is 24.6 Å². The lowest BCUT2D eigenvalue weighted by molar-refractivity contribution is -0.120. The van der Waals surface area contributed by atoms with Gasteiger partial charge in [-0.05, 0) is 18.1 Å². The highest BCUT2D eigenvalue weighted by Crippen LogP contribution is 2.27. The lowest BCUT2D eigenvalue weighted by atomic mass is 10.1. The lowest BCUT2D eigenvalue weighted by Gasteiger charge is -2.05. The Balaban J connectivity index is 2.06. The molecule has 0 unspecified atom stereocenters. The average molecular weight is 260 g/mol. The first kappa shape index (κ1) is 12.8. The largest absolute Gasteiger partial charge is 0.352 e. The Labute approximate surface area is 111 Å². The van der Waals surface area contributed by atoms with Crippen molar-refractivity contribution < 1.29 is 4.79 Å². The fourth-order valence-corrected chi connectivity index (χ4v) is 2.49. The van der Waals surface area contributed by atoms with Crippen LogP contribution in [-0.4, -0.2) is 10.9 Å². The van der Waals surface area contributed by atoms with Gasteiger partial charge in [0.25, 0.3) is 0 Å². The second kappa shape index (κ2) is 5.78. The second-order valence-corrected chi connectivity index (χ2v) is 4.95. The van der Waals surface area contributed by atoms with Crippen LogP contribution in [0.5, 0.6) is 0 Å². The van der Waals surface area contributed by atoms with Crippen LogP contribution in [-0.2, 0) is 11.3 Å². The molecule has 1 aromatic carbocycles. The summed E-state index contributed by atoms with van der Waals surface area (Å²) < 4.78 is 0. The molecule has 18 heavy (non-hydrogen) atoms. The number of aromatic nitrogens is 1. The monoisotopic (exact) mass is 260 g/mol. The molecule has 0 atom stereocenters. The molecule has 0 spiro atoms. The number of carbonyl (C=O) groups is 1. The van der Waals surface area contributed by atoms with Crippen LogP contribution in [0.15, 0.2) is 29.8 Å². The van der Waals surface area contributed by atoms with Crippen molar-refractivity contribution in [2.45, 2.75) is 26.8 Å². The summed E-state index contributed by atoms with van der Waals surface area (Å²) >= 11 is 1.65. The minimum atomic E-state index is 0.0809. The minimum Gasteiger partial charge on any atom is -0.352 e. The zero-order chi connectivity index (χ0) is 13.0. The standard InChI is InChI=1S/C14H16N2OS/c1-3-13(17)15-8-11-4-6-12(7-5-11)14-10(2)16-9-18-14/h4-7,9H,3,8H2,1-2H3,(H,15,17). The maximum atomic E-state index is 11.2. The molecule has 0 saturated heterocycles. The van der Waals surface area contributed by atoms with Crippen molar-refractivity contribution in [1.29, 1.82) is 0 Å². The van der Waals surface area contributed by atoms with Gasteiger partial charge in [-0.2, -0.15) is 0 Å². The second-order valence-electron chi connectivity index (χ2n) is 4.09. The van der Waals surface area contributed by atoms with Gasteiger partial charge in [0.2, 0.25) is 5.91 Å². The number of hydrogen-bond donors (Lipinski definition) is 1. The van der Waals surface area contributed by atoms with Gasteiger partial charge in [0.15, 0.2) is 0 Å². The average Bonchev–Trinajstić information content (AvgIpc) is 2.83. The highest BCUT2D eigenvalue weighted by molar-refractivity contribution is 7.13. The highest BCUT2D eigenvalue weighted by Gasteiger charge is 2.04. The van der Waals surface area contributed by atoms with E-state index in [4.69, 9.17) is 0 Å². The Morgan fingerprint density at radius 1 is 1.33 bits per heavy atom. The quantitative estimate of drug-likeness (QED) is 0.917. The Morgan fingerprint density at radius 2 is 2.06 bits per heavy atom. The number of carbonyl (C=O) groups excluding carboxylic acids is 1. The van der Waals surface area contributed by atoms with Crippen LogP contribution in [0.4, 0.5) is 0 Å². The maximum Gasteiger partial charge on any atom is 0.219 e. The van der Waals surface area contributed by atoms with E-state index < -0.39 is 0 Å². The summed E-state index contributed by atoms with van der Waals surface area (Å²) in [6.45, 7) is 4.46. The fraction of sp³-hybridized carbons (Fsp3) is 0.286. The number of nitrogens with one attached hydrogen (secondary N) is 1. The van der Waals surface area contributed by atoms with Crippen LogP contribution in [0.2, 0.25) is 0 Å². The first-order valence-electron chi connectivity index (χ1n) is 5.96. The van der Waals surface area contributed by atoms with Crippen molar-refractivity contribution in [2.24, 2.45) is 0 Å². The van der Waals surface area contributed by atoms with E-state index in [2.05, 4.69) is 22.4 Å². The van der Waals surface area contributed by atoms with Crippen molar-refractivity contribution in [3.05, 3.63) is 41.0 Å². The summed E-state index contributed by atoms with van der Waals surface area (Å²) in [6.07, 6.45) is 0.526. The molecule has 1 heterocycles. The Kier molecular flexibility index (Phi) is 4.10. The molecule has 3 nitrogen and oxygen atoms in total. The summed E-state index contributed by atoms with van der Waals surface area (Å²) in [6, 6.07) is 8.25. The molecule has 0 aliphatic rings. The minimum absolute atomic E-state index is 0.0809. The van der Waals surface area contributed by atoms with Crippen LogP contribution in [0.25, 0.3) is 10.4 Å². The van der Waals surface area contributed by atoms with Crippen molar-refractivity contribution in [3.8, 4) is 10.4 Å². The Bertz CT molecular complexity index is 531. The van der Waals surface area contributed by atoms with E-state index in [1.165, 1.54) is 10.4 Å². The van der Waals surface area contributed by atoms with E-state index in [0.717, 1.165) is 11.3 Å². The van der Waals surface area contributed by atoms with Gasteiger partial charge in [-0.1, -0.05) is 31.2 Å². The van der Waals surface area contributed by atoms with Crippen molar-refractivity contribution in [1.82, 2.24) is 10.3 Å². The van der Waals surface area contributed by atoms with Gasteiger partial charge in [0.1, 0.15) is 0 Å². The summed E-state index contributed by atoms with van der Waals surface area (Å²) in [7, 11) is 0. The number of aryl methyl sites for hydroxylation is 1. The summed E-state index contributed by atoms with van der Waals surface area (Å²) in [5.74, 6) is 0.0809. The van der Waals surface area contributed by atoms with E-state index in [9.17, 15) is 4.79 Å². The molecule has 0 saturated carbocycles. The van der Waals surface area contributed by atoms with Crippen LogP contribution >= 0.6 is 11.3 Å². The molecule has 0 bridgehead atoms. The molecule has 2 rings (SSSR count). The van der Waals surface area contributed by atoms with Gasteiger partial charge in [-0.25, -0.2) is 4.98 Å². The summed E-state index contributed by atoms with van der Waals surface area (Å²) in [4.78, 5) is 16.6.